The first-order chi connectivity index (χ1) is 7.81. The van der Waals surface area contributed by atoms with E-state index >= 15 is 0 Å². The maximum Gasteiger partial charge on any atom is 0.285 e. The Hall–Kier alpha value is 0.710. The topological polar surface area (TPSA) is 47.9 Å². The van der Waals surface area contributed by atoms with Crippen molar-refractivity contribution in [1.29, 1.82) is 0 Å². The van der Waals surface area contributed by atoms with Crippen molar-refractivity contribution in [2.75, 3.05) is 19.8 Å². The quantitative estimate of drug-likeness (QED) is 0.553. The highest BCUT2D eigenvalue weighted by atomic mass is 35.6. The lowest BCUT2D eigenvalue weighted by molar-refractivity contribution is -0.385. The zero-order valence-electron chi connectivity index (χ0n) is 10.2. The molecular formula is C10H19Cl3O4. The van der Waals surface area contributed by atoms with Gasteiger partial charge in [0.25, 0.3) is 5.97 Å². The van der Waals surface area contributed by atoms with Crippen molar-refractivity contribution in [3.05, 3.63) is 0 Å². The summed E-state index contributed by atoms with van der Waals surface area (Å²) in [6, 6.07) is 0. The monoisotopic (exact) mass is 308 g/mol. The Morgan fingerprint density at radius 1 is 0.941 bits per heavy atom. The van der Waals surface area contributed by atoms with Crippen molar-refractivity contribution < 1.29 is 19.3 Å². The fourth-order valence-electron chi connectivity index (χ4n) is 1.31. The Morgan fingerprint density at radius 2 is 1.29 bits per heavy atom. The minimum atomic E-state index is -1.81. The third-order valence-electron chi connectivity index (χ3n) is 1.91. The minimum Gasteiger partial charge on any atom is -0.388 e. The first-order valence-electron chi connectivity index (χ1n) is 5.48. The van der Waals surface area contributed by atoms with E-state index in [1.165, 1.54) is 0 Å². The molecule has 0 aliphatic rings. The molecule has 104 valence electrons. The van der Waals surface area contributed by atoms with Crippen molar-refractivity contribution in [1.82, 2.24) is 0 Å². The molecule has 0 unspecified atom stereocenters. The number of halogens is 3. The normalized spacial score (nSPS) is 15.0. The lowest BCUT2D eigenvalue weighted by Crippen LogP contribution is -2.45. The van der Waals surface area contributed by atoms with E-state index in [1.54, 1.807) is 20.8 Å². The molecule has 7 heteroatoms. The van der Waals surface area contributed by atoms with Crippen LogP contribution in [-0.4, -0.2) is 40.8 Å². The second-order valence-corrected chi connectivity index (χ2v) is 5.61. The predicted molar refractivity (Wildman–Crippen MR) is 68.5 cm³/mol. The number of ether oxygens (including phenoxy) is 3. The van der Waals surface area contributed by atoms with Crippen LogP contribution in [0.1, 0.15) is 27.2 Å². The Labute approximate surface area is 117 Å². The van der Waals surface area contributed by atoms with Gasteiger partial charge in [0.1, 0.15) is 6.10 Å². The molecule has 0 aromatic carbocycles. The molecular weight excluding hydrogens is 290 g/mol. The third-order valence-corrected chi connectivity index (χ3v) is 2.67. The van der Waals surface area contributed by atoms with E-state index in [4.69, 9.17) is 49.0 Å². The summed E-state index contributed by atoms with van der Waals surface area (Å²) in [5.41, 5.74) is 0. The van der Waals surface area contributed by atoms with Gasteiger partial charge in [0.15, 0.2) is 0 Å². The second-order valence-electron chi connectivity index (χ2n) is 3.24. The average molecular weight is 310 g/mol. The van der Waals surface area contributed by atoms with E-state index < -0.39 is 15.9 Å². The summed E-state index contributed by atoms with van der Waals surface area (Å²) < 4.78 is 14.4. The van der Waals surface area contributed by atoms with Crippen LogP contribution in [0.5, 0.6) is 0 Å². The van der Waals surface area contributed by atoms with Crippen LogP contribution < -0.4 is 0 Å². The number of rotatable bonds is 8. The molecule has 0 bridgehead atoms. The van der Waals surface area contributed by atoms with Crippen molar-refractivity contribution in [2.45, 2.75) is 43.1 Å². The Kier molecular flexibility index (Phi) is 8.33. The number of hydrogen-bond donors (Lipinski definition) is 1. The van der Waals surface area contributed by atoms with Crippen LogP contribution in [0.4, 0.5) is 0 Å². The van der Waals surface area contributed by atoms with Gasteiger partial charge in [-0.1, -0.05) is 34.8 Å². The SMILES string of the molecule is CCOC(C[C@H](O)C(Cl)(Cl)Cl)(OCC)OCC. The highest BCUT2D eigenvalue weighted by Gasteiger charge is 2.42. The molecule has 0 aliphatic heterocycles. The Bertz CT molecular complexity index is 191. The summed E-state index contributed by atoms with van der Waals surface area (Å²) in [6.07, 6.45) is -1.34. The molecule has 0 radical (unpaired) electrons. The summed E-state index contributed by atoms with van der Waals surface area (Å²) >= 11 is 16.8. The molecule has 0 aliphatic carbocycles. The van der Waals surface area contributed by atoms with Gasteiger partial charge in [-0.2, -0.15) is 0 Å². The zero-order chi connectivity index (χ0) is 13.5. The lowest BCUT2D eigenvalue weighted by Gasteiger charge is -2.35. The fourth-order valence-corrected chi connectivity index (χ4v) is 1.55. The first kappa shape index (κ1) is 17.7. The van der Waals surface area contributed by atoms with Gasteiger partial charge in [-0.25, -0.2) is 0 Å². The maximum atomic E-state index is 9.77. The van der Waals surface area contributed by atoms with Gasteiger partial charge >= 0.3 is 0 Å². The first-order valence-corrected chi connectivity index (χ1v) is 6.61. The fraction of sp³-hybridized carbons (Fsp3) is 1.00. The Morgan fingerprint density at radius 3 is 1.53 bits per heavy atom. The van der Waals surface area contributed by atoms with Gasteiger partial charge in [-0.05, 0) is 20.8 Å². The lowest BCUT2D eigenvalue weighted by atomic mass is 10.2. The molecule has 0 heterocycles. The van der Waals surface area contributed by atoms with Crippen LogP contribution in [0.15, 0.2) is 0 Å². The molecule has 0 rings (SSSR count). The third kappa shape index (κ3) is 6.43. The van der Waals surface area contributed by atoms with E-state index in [0.717, 1.165) is 0 Å². The van der Waals surface area contributed by atoms with Gasteiger partial charge < -0.3 is 19.3 Å². The van der Waals surface area contributed by atoms with E-state index in [2.05, 4.69) is 0 Å². The summed E-state index contributed by atoms with van der Waals surface area (Å²) in [5.74, 6) is -1.37. The van der Waals surface area contributed by atoms with Crippen molar-refractivity contribution >= 4 is 34.8 Å². The molecule has 0 aromatic rings. The molecule has 17 heavy (non-hydrogen) atoms. The van der Waals surface area contributed by atoms with Crippen molar-refractivity contribution in [3.8, 4) is 0 Å². The van der Waals surface area contributed by atoms with Gasteiger partial charge in [0.05, 0.1) is 6.42 Å². The van der Waals surface area contributed by atoms with Crippen LogP contribution in [0, 0.1) is 0 Å². The van der Waals surface area contributed by atoms with Crippen LogP contribution >= 0.6 is 34.8 Å². The number of aliphatic hydroxyl groups is 1. The van der Waals surface area contributed by atoms with E-state index in [9.17, 15) is 5.11 Å². The van der Waals surface area contributed by atoms with Crippen LogP contribution in [0.2, 0.25) is 0 Å². The standard InChI is InChI=1S/C10H19Cl3O4/c1-4-15-9(16-5-2,17-6-3)7-8(14)10(11,12)13/h8,14H,4-7H2,1-3H3/t8-/m0/s1. The second kappa shape index (κ2) is 8.00. The highest BCUT2D eigenvalue weighted by Crippen LogP contribution is 2.36. The summed E-state index contributed by atoms with van der Waals surface area (Å²) in [4.78, 5) is 0. The summed E-state index contributed by atoms with van der Waals surface area (Å²) in [5, 5.41) is 9.77. The summed E-state index contributed by atoms with van der Waals surface area (Å²) in [6.45, 7) is 6.42. The van der Waals surface area contributed by atoms with Crippen molar-refractivity contribution in [3.63, 3.8) is 0 Å². The molecule has 1 N–H and O–H groups in total. The van der Waals surface area contributed by atoms with Gasteiger partial charge in [-0.15, -0.1) is 0 Å². The van der Waals surface area contributed by atoms with Crippen LogP contribution in [0.25, 0.3) is 0 Å². The molecule has 4 nitrogen and oxygen atoms in total. The molecule has 0 saturated carbocycles. The van der Waals surface area contributed by atoms with E-state index in [-0.39, 0.29) is 6.42 Å². The zero-order valence-corrected chi connectivity index (χ0v) is 12.5. The minimum absolute atomic E-state index is 0.0843. The van der Waals surface area contributed by atoms with Crippen LogP contribution in [0.3, 0.4) is 0 Å². The molecule has 0 aromatic heterocycles. The molecule has 0 saturated heterocycles. The van der Waals surface area contributed by atoms with E-state index in [1.807, 2.05) is 0 Å². The molecule has 0 fully saturated rings. The summed E-state index contributed by atoms with van der Waals surface area (Å²) in [7, 11) is 0. The van der Waals surface area contributed by atoms with Crippen molar-refractivity contribution in [2.24, 2.45) is 0 Å². The van der Waals surface area contributed by atoms with E-state index in [0.29, 0.717) is 19.8 Å². The molecule has 0 amide bonds. The largest absolute Gasteiger partial charge is 0.388 e. The number of hydrogen-bond acceptors (Lipinski definition) is 4. The van der Waals surface area contributed by atoms with Gasteiger partial charge in [-0.3, -0.25) is 0 Å². The number of aliphatic hydroxyl groups excluding tert-OH is 1. The predicted octanol–water partition coefficient (Wildman–Crippen LogP) is 2.87. The van der Waals surface area contributed by atoms with Gasteiger partial charge in [0.2, 0.25) is 3.79 Å². The van der Waals surface area contributed by atoms with Crippen LogP contribution in [-0.2, 0) is 14.2 Å². The molecule has 1 atom stereocenters. The number of alkyl halides is 3. The molecule has 0 spiro atoms. The Balaban J connectivity index is 4.75. The maximum absolute atomic E-state index is 9.77. The van der Waals surface area contributed by atoms with Gasteiger partial charge in [0, 0.05) is 19.8 Å². The smallest absolute Gasteiger partial charge is 0.285 e. The highest BCUT2D eigenvalue weighted by molar-refractivity contribution is 6.68. The average Bonchev–Trinajstić information content (AvgIpc) is 2.17.